The first-order valence-electron chi connectivity index (χ1n) is 6.31. The van der Waals surface area contributed by atoms with Gasteiger partial charge < -0.3 is 5.32 Å². The van der Waals surface area contributed by atoms with Gasteiger partial charge >= 0.3 is 0 Å². The number of carbonyl (C=O) groups excluding carboxylic acids is 1. The van der Waals surface area contributed by atoms with E-state index in [4.69, 9.17) is 0 Å². The summed E-state index contributed by atoms with van der Waals surface area (Å²) in [5.41, 5.74) is 0. The Labute approximate surface area is 117 Å². The summed E-state index contributed by atoms with van der Waals surface area (Å²) in [5.74, 6) is -0.220. The van der Waals surface area contributed by atoms with Gasteiger partial charge in [0, 0.05) is 24.5 Å². The summed E-state index contributed by atoms with van der Waals surface area (Å²) in [7, 11) is -3.42. The van der Waals surface area contributed by atoms with Gasteiger partial charge in [0.1, 0.15) is 0 Å². The van der Waals surface area contributed by atoms with Crippen molar-refractivity contribution in [3.05, 3.63) is 16.3 Å². The van der Waals surface area contributed by atoms with Crippen molar-refractivity contribution < 1.29 is 13.2 Å². The van der Waals surface area contributed by atoms with Crippen molar-refractivity contribution >= 4 is 27.3 Å². The maximum Gasteiger partial charge on any atom is 0.261 e. The molecule has 0 aliphatic carbocycles. The molecule has 1 amide bonds. The molecule has 1 aromatic heterocycles. The lowest BCUT2D eigenvalue weighted by atomic mass is 10.3. The molecule has 2 rings (SSSR count). The summed E-state index contributed by atoms with van der Waals surface area (Å²) < 4.78 is 26.1. The fraction of sp³-hybridized carbons (Fsp3) is 0.583. The minimum absolute atomic E-state index is 0.0354. The summed E-state index contributed by atoms with van der Waals surface area (Å²) in [6, 6.07) is 1.50. The lowest BCUT2D eigenvalue weighted by Crippen LogP contribution is -2.29. The van der Waals surface area contributed by atoms with Crippen LogP contribution in [0.2, 0.25) is 0 Å². The highest BCUT2D eigenvalue weighted by molar-refractivity contribution is 7.89. The van der Waals surface area contributed by atoms with Crippen LogP contribution in [0, 0.1) is 0 Å². The van der Waals surface area contributed by atoms with Gasteiger partial charge in [0.25, 0.3) is 5.91 Å². The Morgan fingerprint density at radius 1 is 1.37 bits per heavy atom. The summed E-state index contributed by atoms with van der Waals surface area (Å²) in [5, 5.41) is 4.30. The second-order valence-electron chi connectivity index (χ2n) is 4.89. The van der Waals surface area contributed by atoms with E-state index in [1.54, 1.807) is 5.38 Å². The highest BCUT2D eigenvalue weighted by Crippen LogP contribution is 2.25. The standard InChI is InChI=1S/C12H18N2O3S2/c1-9(2)13-12(15)11-7-10(8-18-11)19(16,17)14-5-3-4-6-14/h7-9H,3-6H2,1-2H3,(H,13,15). The van der Waals surface area contributed by atoms with Crippen molar-refractivity contribution in [2.75, 3.05) is 13.1 Å². The average molecular weight is 302 g/mol. The second-order valence-corrected chi connectivity index (χ2v) is 7.74. The molecule has 1 saturated heterocycles. The van der Waals surface area contributed by atoms with E-state index in [0.717, 1.165) is 12.8 Å². The SMILES string of the molecule is CC(C)NC(=O)c1cc(S(=O)(=O)N2CCCC2)cs1. The van der Waals surface area contributed by atoms with E-state index in [-0.39, 0.29) is 16.8 Å². The van der Waals surface area contributed by atoms with Crippen LogP contribution >= 0.6 is 11.3 Å². The maximum atomic E-state index is 12.3. The topological polar surface area (TPSA) is 66.5 Å². The summed E-state index contributed by atoms with van der Waals surface area (Å²) in [6.07, 6.45) is 1.81. The van der Waals surface area contributed by atoms with Gasteiger partial charge in [0.15, 0.2) is 0 Å². The first-order valence-corrected chi connectivity index (χ1v) is 8.63. The van der Waals surface area contributed by atoms with Crippen LogP contribution in [0.25, 0.3) is 0 Å². The molecule has 0 bridgehead atoms. The molecule has 0 aromatic carbocycles. The third-order valence-corrected chi connectivity index (χ3v) is 5.88. The summed E-state index contributed by atoms with van der Waals surface area (Å²) >= 11 is 1.17. The number of nitrogens with one attached hydrogen (secondary N) is 1. The van der Waals surface area contributed by atoms with Crippen molar-refractivity contribution in [2.24, 2.45) is 0 Å². The Morgan fingerprint density at radius 3 is 2.58 bits per heavy atom. The fourth-order valence-electron chi connectivity index (χ4n) is 1.98. The monoisotopic (exact) mass is 302 g/mol. The van der Waals surface area contributed by atoms with E-state index in [1.807, 2.05) is 13.8 Å². The Hall–Kier alpha value is -0.920. The normalized spacial score (nSPS) is 17.0. The van der Waals surface area contributed by atoms with Crippen molar-refractivity contribution in [3.8, 4) is 0 Å². The number of nitrogens with zero attached hydrogens (tertiary/aromatic N) is 1. The number of rotatable bonds is 4. The van der Waals surface area contributed by atoms with Gasteiger partial charge in [-0.2, -0.15) is 4.31 Å². The van der Waals surface area contributed by atoms with Crippen LogP contribution in [0.4, 0.5) is 0 Å². The molecular formula is C12H18N2O3S2. The van der Waals surface area contributed by atoms with Crippen LogP contribution in [-0.4, -0.2) is 37.8 Å². The van der Waals surface area contributed by atoms with Gasteiger partial charge in [-0.25, -0.2) is 8.42 Å². The molecule has 0 spiro atoms. The Kier molecular flexibility index (Phi) is 4.27. The van der Waals surface area contributed by atoms with Gasteiger partial charge in [-0.1, -0.05) is 0 Å². The molecule has 1 aromatic rings. The highest BCUT2D eigenvalue weighted by Gasteiger charge is 2.28. The van der Waals surface area contributed by atoms with Gasteiger partial charge in [0.2, 0.25) is 10.0 Å². The van der Waals surface area contributed by atoms with E-state index in [9.17, 15) is 13.2 Å². The Balaban J connectivity index is 2.18. The van der Waals surface area contributed by atoms with Gasteiger partial charge in [-0.05, 0) is 32.8 Å². The number of amides is 1. The molecule has 19 heavy (non-hydrogen) atoms. The van der Waals surface area contributed by atoms with Gasteiger partial charge in [-0.3, -0.25) is 4.79 Å². The number of sulfonamides is 1. The Morgan fingerprint density at radius 2 is 2.00 bits per heavy atom. The van der Waals surface area contributed by atoms with Crippen LogP contribution in [0.5, 0.6) is 0 Å². The number of thiophene rings is 1. The molecule has 7 heteroatoms. The largest absolute Gasteiger partial charge is 0.349 e. The molecule has 1 aliphatic rings. The smallest absolute Gasteiger partial charge is 0.261 e. The molecular weight excluding hydrogens is 284 g/mol. The summed E-state index contributed by atoms with van der Waals surface area (Å²) in [4.78, 5) is 12.5. The molecule has 1 fully saturated rings. The van der Waals surface area contributed by atoms with Crippen LogP contribution < -0.4 is 5.32 Å². The number of hydrogen-bond acceptors (Lipinski definition) is 4. The van der Waals surface area contributed by atoms with Crippen LogP contribution in [0.1, 0.15) is 36.4 Å². The van der Waals surface area contributed by atoms with E-state index in [2.05, 4.69) is 5.32 Å². The van der Waals surface area contributed by atoms with Crippen LogP contribution in [0.15, 0.2) is 16.3 Å². The number of carbonyl (C=O) groups is 1. The van der Waals surface area contributed by atoms with Crippen LogP contribution in [-0.2, 0) is 10.0 Å². The fourth-order valence-corrected chi connectivity index (χ4v) is 4.67. The van der Waals surface area contributed by atoms with Crippen LogP contribution in [0.3, 0.4) is 0 Å². The highest BCUT2D eigenvalue weighted by atomic mass is 32.2. The van der Waals surface area contributed by atoms with E-state index >= 15 is 0 Å². The lowest BCUT2D eigenvalue weighted by Gasteiger charge is -2.13. The second kappa shape index (κ2) is 5.60. The van der Waals surface area contributed by atoms with E-state index in [0.29, 0.717) is 18.0 Å². The zero-order valence-electron chi connectivity index (χ0n) is 11.0. The lowest BCUT2D eigenvalue weighted by molar-refractivity contribution is 0.0947. The molecule has 0 unspecified atom stereocenters. The maximum absolute atomic E-state index is 12.3. The third kappa shape index (κ3) is 3.16. The molecule has 5 nitrogen and oxygen atoms in total. The minimum Gasteiger partial charge on any atom is -0.349 e. The average Bonchev–Trinajstić information content (AvgIpc) is 3.00. The first kappa shape index (κ1) is 14.5. The van der Waals surface area contributed by atoms with Crippen molar-refractivity contribution in [1.82, 2.24) is 9.62 Å². The summed E-state index contributed by atoms with van der Waals surface area (Å²) in [6.45, 7) is 4.89. The quantitative estimate of drug-likeness (QED) is 0.920. The van der Waals surface area contributed by atoms with Gasteiger partial charge in [-0.15, -0.1) is 11.3 Å². The number of hydrogen-bond donors (Lipinski definition) is 1. The molecule has 1 N–H and O–H groups in total. The zero-order valence-corrected chi connectivity index (χ0v) is 12.7. The Bertz CT molecular complexity index is 557. The molecule has 0 atom stereocenters. The third-order valence-electron chi connectivity index (χ3n) is 2.92. The first-order chi connectivity index (χ1) is 8.91. The molecule has 106 valence electrons. The predicted octanol–water partition coefficient (Wildman–Crippen LogP) is 1.67. The molecule has 0 radical (unpaired) electrons. The van der Waals surface area contributed by atoms with Crippen molar-refractivity contribution in [3.63, 3.8) is 0 Å². The van der Waals surface area contributed by atoms with Gasteiger partial charge in [0.05, 0.1) is 9.77 Å². The molecule has 2 heterocycles. The van der Waals surface area contributed by atoms with E-state index in [1.165, 1.54) is 21.7 Å². The van der Waals surface area contributed by atoms with E-state index < -0.39 is 10.0 Å². The molecule has 0 saturated carbocycles. The minimum atomic E-state index is -3.42. The zero-order chi connectivity index (χ0) is 14.0. The predicted molar refractivity (Wildman–Crippen MR) is 74.9 cm³/mol. The van der Waals surface area contributed by atoms with Crippen molar-refractivity contribution in [1.29, 1.82) is 0 Å². The van der Waals surface area contributed by atoms with Crippen molar-refractivity contribution in [2.45, 2.75) is 37.6 Å². The molecule has 1 aliphatic heterocycles.